The fourth-order valence-electron chi connectivity index (χ4n) is 3.32. The maximum absolute atomic E-state index is 13.4. The molecule has 0 amide bonds. The maximum atomic E-state index is 13.4. The van der Waals surface area contributed by atoms with Crippen molar-refractivity contribution in [1.82, 2.24) is 9.55 Å². The number of methoxy groups -OCH3 is 1. The summed E-state index contributed by atoms with van der Waals surface area (Å²) in [7, 11) is 1.64. The number of nitrogens with zero attached hydrogens (tertiary/aromatic N) is 2. The molecule has 2 heterocycles. The Balaban J connectivity index is 1.55. The summed E-state index contributed by atoms with van der Waals surface area (Å²) < 4.78 is 12.9. The average molecular weight is 453 g/mol. The van der Waals surface area contributed by atoms with Crippen LogP contribution >= 0.6 is 23.1 Å². The van der Waals surface area contributed by atoms with Crippen molar-refractivity contribution >= 4 is 33.3 Å². The van der Waals surface area contributed by atoms with Crippen molar-refractivity contribution in [3.05, 3.63) is 75.4 Å². The highest BCUT2D eigenvalue weighted by atomic mass is 32.2. The Kier molecular flexibility index (Phi) is 6.63. The molecule has 0 aliphatic rings. The molecule has 0 saturated heterocycles. The first kappa shape index (κ1) is 21.5. The molecule has 31 heavy (non-hydrogen) atoms. The quantitative estimate of drug-likeness (QED) is 0.197. The van der Waals surface area contributed by atoms with Crippen molar-refractivity contribution < 1.29 is 9.47 Å². The van der Waals surface area contributed by atoms with E-state index >= 15 is 0 Å². The second kappa shape index (κ2) is 9.58. The highest BCUT2D eigenvalue weighted by Crippen LogP contribution is 2.30. The topological polar surface area (TPSA) is 53.4 Å². The minimum atomic E-state index is -0.00850. The van der Waals surface area contributed by atoms with E-state index < -0.39 is 0 Å². The number of thiophene rings is 1. The van der Waals surface area contributed by atoms with Gasteiger partial charge in [-0.2, -0.15) is 0 Å². The predicted octanol–water partition coefficient (Wildman–Crippen LogP) is 5.63. The molecule has 2 aromatic carbocycles. The van der Waals surface area contributed by atoms with E-state index in [1.54, 1.807) is 34.8 Å². The summed E-state index contributed by atoms with van der Waals surface area (Å²) >= 11 is 3.16. The third kappa shape index (κ3) is 4.48. The molecule has 4 rings (SSSR count). The molecule has 160 valence electrons. The fraction of sp³-hybridized carbons (Fsp3) is 0.250. The molecule has 7 heteroatoms. The van der Waals surface area contributed by atoms with E-state index in [1.807, 2.05) is 68.4 Å². The van der Waals surface area contributed by atoms with Gasteiger partial charge in [0.05, 0.1) is 24.8 Å². The summed E-state index contributed by atoms with van der Waals surface area (Å²) in [6.45, 7) is 4.59. The number of aromatic nitrogens is 2. The Morgan fingerprint density at radius 1 is 1.03 bits per heavy atom. The smallest absolute Gasteiger partial charge is 0.267 e. The van der Waals surface area contributed by atoms with Gasteiger partial charge >= 0.3 is 0 Å². The summed E-state index contributed by atoms with van der Waals surface area (Å²) in [5, 5.41) is 1.43. The Morgan fingerprint density at radius 2 is 1.74 bits per heavy atom. The van der Waals surface area contributed by atoms with Crippen LogP contribution in [-0.2, 0) is 0 Å². The van der Waals surface area contributed by atoms with Crippen molar-refractivity contribution in [3.8, 4) is 17.2 Å². The number of thioether (sulfide) groups is 1. The van der Waals surface area contributed by atoms with Gasteiger partial charge in [0.1, 0.15) is 4.83 Å². The normalized spacial score (nSPS) is 11.1. The Morgan fingerprint density at radius 3 is 2.48 bits per heavy atom. The average Bonchev–Trinajstić information content (AvgIpc) is 3.08. The predicted molar refractivity (Wildman–Crippen MR) is 129 cm³/mol. The molecule has 0 fully saturated rings. The molecule has 0 bridgehead atoms. The fourth-order valence-corrected chi connectivity index (χ4v) is 5.31. The number of hydrogen-bond donors (Lipinski definition) is 0. The van der Waals surface area contributed by atoms with Crippen LogP contribution in [0.5, 0.6) is 11.5 Å². The number of para-hydroxylation sites is 3. The Hall–Kier alpha value is -2.77. The van der Waals surface area contributed by atoms with E-state index in [0.717, 1.165) is 50.0 Å². The molecule has 0 radical (unpaired) electrons. The van der Waals surface area contributed by atoms with E-state index in [-0.39, 0.29) is 5.56 Å². The van der Waals surface area contributed by atoms with Crippen LogP contribution in [0.25, 0.3) is 15.9 Å². The number of ether oxygens (including phenoxy) is 2. The van der Waals surface area contributed by atoms with E-state index in [9.17, 15) is 4.79 Å². The summed E-state index contributed by atoms with van der Waals surface area (Å²) in [5.41, 5.74) is 1.84. The van der Waals surface area contributed by atoms with Crippen molar-refractivity contribution in [3.63, 3.8) is 0 Å². The molecule has 0 aliphatic heterocycles. The minimum absolute atomic E-state index is 0.00850. The lowest BCUT2D eigenvalue weighted by Gasteiger charge is -2.13. The molecule has 0 saturated carbocycles. The summed E-state index contributed by atoms with van der Waals surface area (Å²) in [6.07, 6.45) is 0.813. The van der Waals surface area contributed by atoms with E-state index in [4.69, 9.17) is 14.5 Å². The number of benzene rings is 2. The number of fused-ring (bicyclic) bond motifs is 1. The molecule has 0 unspecified atom stereocenters. The molecule has 0 atom stereocenters. The summed E-state index contributed by atoms with van der Waals surface area (Å²) in [5.74, 6) is 2.24. The lowest BCUT2D eigenvalue weighted by Crippen LogP contribution is -2.21. The first-order chi connectivity index (χ1) is 15.1. The molecule has 5 nitrogen and oxygen atoms in total. The number of aryl methyl sites for hydroxylation is 2. The zero-order valence-electron chi connectivity index (χ0n) is 17.8. The van der Waals surface area contributed by atoms with Gasteiger partial charge in [0.2, 0.25) is 0 Å². The van der Waals surface area contributed by atoms with Crippen molar-refractivity contribution in [1.29, 1.82) is 0 Å². The van der Waals surface area contributed by atoms with E-state index in [0.29, 0.717) is 11.8 Å². The van der Waals surface area contributed by atoms with Crippen molar-refractivity contribution in [2.75, 3.05) is 19.5 Å². The number of hydrogen-bond acceptors (Lipinski definition) is 6. The Labute approximate surface area is 189 Å². The highest BCUT2D eigenvalue weighted by Gasteiger charge is 2.17. The van der Waals surface area contributed by atoms with Crippen LogP contribution in [0.4, 0.5) is 0 Å². The monoisotopic (exact) mass is 452 g/mol. The SMILES string of the molecule is COc1ccccc1OCCCSc1nc2sc(C)c(C)c2c(=O)n1-c1ccccc1. The van der Waals surface area contributed by atoms with Crippen LogP contribution in [0.1, 0.15) is 16.9 Å². The third-order valence-corrected chi connectivity index (χ3v) is 7.16. The zero-order valence-corrected chi connectivity index (χ0v) is 19.4. The largest absolute Gasteiger partial charge is 0.493 e. The molecule has 2 aromatic heterocycles. The summed E-state index contributed by atoms with van der Waals surface area (Å²) in [4.78, 5) is 20.2. The molecule has 0 N–H and O–H groups in total. The van der Waals surface area contributed by atoms with Crippen LogP contribution in [0.15, 0.2) is 64.5 Å². The Bertz CT molecular complexity index is 1250. The van der Waals surface area contributed by atoms with E-state index in [1.165, 1.54) is 0 Å². The first-order valence-corrected chi connectivity index (χ1v) is 11.9. The summed E-state index contributed by atoms with van der Waals surface area (Å²) in [6, 6.07) is 17.3. The molecular weight excluding hydrogens is 428 g/mol. The lowest BCUT2D eigenvalue weighted by atomic mass is 10.2. The van der Waals surface area contributed by atoms with Gasteiger partial charge in [0.25, 0.3) is 5.56 Å². The van der Waals surface area contributed by atoms with Gasteiger partial charge < -0.3 is 9.47 Å². The standard InChI is InChI=1S/C24H24N2O3S2/c1-16-17(2)31-22-21(16)23(27)26(18-10-5-4-6-11-18)24(25-22)30-15-9-14-29-20-13-8-7-12-19(20)28-3/h4-8,10-13H,9,14-15H2,1-3H3. The highest BCUT2D eigenvalue weighted by molar-refractivity contribution is 7.99. The minimum Gasteiger partial charge on any atom is -0.493 e. The van der Waals surface area contributed by atoms with Crippen LogP contribution in [-0.4, -0.2) is 29.0 Å². The van der Waals surface area contributed by atoms with Crippen LogP contribution in [0.2, 0.25) is 0 Å². The van der Waals surface area contributed by atoms with Crippen LogP contribution < -0.4 is 15.0 Å². The van der Waals surface area contributed by atoms with Gasteiger partial charge in [-0.25, -0.2) is 4.98 Å². The van der Waals surface area contributed by atoms with Gasteiger partial charge in [-0.15, -0.1) is 11.3 Å². The second-order valence-electron chi connectivity index (χ2n) is 7.04. The van der Waals surface area contributed by atoms with Gasteiger partial charge in [-0.05, 0) is 50.1 Å². The van der Waals surface area contributed by atoms with Crippen molar-refractivity contribution in [2.24, 2.45) is 0 Å². The molecule has 4 aromatic rings. The van der Waals surface area contributed by atoms with Crippen molar-refractivity contribution in [2.45, 2.75) is 25.4 Å². The van der Waals surface area contributed by atoms with Crippen LogP contribution in [0.3, 0.4) is 0 Å². The van der Waals surface area contributed by atoms with Gasteiger partial charge in [0.15, 0.2) is 16.7 Å². The molecule has 0 spiro atoms. The molecular formula is C24H24N2O3S2. The van der Waals surface area contributed by atoms with Gasteiger partial charge in [0, 0.05) is 10.6 Å². The van der Waals surface area contributed by atoms with Gasteiger partial charge in [-0.3, -0.25) is 9.36 Å². The van der Waals surface area contributed by atoms with Crippen LogP contribution in [0, 0.1) is 13.8 Å². The molecule has 0 aliphatic carbocycles. The zero-order chi connectivity index (χ0) is 21.8. The maximum Gasteiger partial charge on any atom is 0.267 e. The second-order valence-corrected chi connectivity index (χ2v) is 9.30. The number of rotatable bonds is 8. The van der Waals surface area contributed by atoms with E-state index in [2.05, 4.69) is 0 Å². The van der Waals surface area contributed by atoms with Gasteiger partial charge in [-0.1, -0.05) is 42.1 Å². The third-order valence-electron chi connectivity index (χ3n) is 5.03. The lowest BCUT2D eigenvalue weighted by molar-refractivity contribution is 0.295. The first-order valence-electron chi connectivity index (χ1n) is 10.1.